The quantitative estimate of drug-likeness (QED) is 0.769. The average molecular weight is 216 g/mol. The van der Waals surface area contributed by atoms with Crippen LogP contribution >= 0.6 is 0 Å². The minimum absolute atomic E-state index is 0.916. The largest absolute Gasteiger partial charge is 0.378 e. The summed E-state index contributed by atoms with van der Waals surface area (Å²) in [4.78, 5) is 0. The summed E-state index contributed by atoms with van der Waals surface area (Å²) >= 11 is 0. The fraction of sp³-hybridized carbons (Fsp3) is 0.467. The summed E-state index contributed by atoms with van der Waals surface area (Å²) < 4.78 is 0. The molecule has 1 heteroatoms. The molecule has 0 aliphatic rings. The molecule has 86 valence electrons. The third-order valence-electron chi connectivity index (χ3n) is 2.29. The van der Waals surface area contributed by atoms with Crippen LogP contribution in [0.3, 0.4) is 0 Å². The fourth-order valence-electron chi connectivity index (χ4n) is 1.36. The molecule has 0 saturated heterocycles. The van der Waals surface area contributed by atoms with E-state index in [1.54, 1.807) is 13.8 Å². The molecule has 0 amide bonds. The Morgan fingerprint density at radius 2 is 1.81 bits per heavy atom. The van der Waals surface area contributed by atoms with Gasteiger partial charge in [0.25, 0.3) is 0 Å². The van der Waals surface area contributed by atoms with Crippen molar-refractivity contribution in [2.24, 2.45) is 0 Å². The van der Waals surface area contributed by atoms with Crippen LogP contribution in [0, 0.1) is 11.8 Å². The Labute approximate surface area is 98.5 Å². The van der Waals surface area contributed by atoms with Gasteiger partial charge in [-0.3, -0.25) is 0 Å². The molecule has 0 atom stereocenters. The lowest BCUT2D eigenvalue weighted by Gasteiger charge is -2.06. The van der Waals surface area contributed by atoms with Crippen LogP contribution < -0.4 is 0 Å². The molecule has 0 heterocycles. The Morgan fingerprint density at radius 1 is 1.19 bits per heavy atom. The van der Waals surface area contributed by atoms with E-state index in [1.165, 1.54) is 18.4 Å². The predicted molar refractivity (Wildman–Crippen MR) is 68.2 cm³/mol. The van der Waals surface area contributed by atoms with Gasteiger partial charge in [0.1, 0.15) is 5.60 Å². The highest BCUT2D eigenvalue weighted by molar-refractivity contribution is 5.37. The Morgan fingerprint density at radius 3 is 2.31 bits per heavy atom. The second kappa shape index (κ2) is 5.72. The predicted octanol–water partition coefficient (Wildman–Crippen LogP) is 3.15. The molecule has 0 spiro atoms. The molecule has 1 aromatic rings. The molecule has 0 bridgehead atoms. The highest BCUT2D eigenvalue weighted by Crippen LogP contribution is 2.07. The van der Waals surface area contributed by atoms with E-state index >= 15 is 0 Å². The number of hydrogen-bond acceptors (Lipinski definition) is 1. The second-order valence-corrected chi connectivity index (χ2v) is 4.61. The number of aliphatic hydroxyl groups is 1. The molecular weight excluding hydrogens is 196 g/mol. The molecule has 0 radical (unpaired) electrons. The van der Waals surface area contributed by atoms with Crippen molar-refractivity contribution in [1.82, 2.24) is 0 Å². The Hall–Kier alpha value is -1.26. The number of rotatable bonds is 3. The van der Waals surface area contributed by atoms with Gasteiger partial charge in [-0.05, 0) is 44.4 Å². The van der Waals surface area contributed by atoms with Gasteiger partial charge in [0.15, 0.2) is 0 Å². The van der Waals surface area contributed by atoms with E-state index in [0.29, 0.717) is 0 Å². The van der Waals surface area contributed by atoms with Crippen LogP contribution in [0.5, 0.6) is 0 Å². The van der Waals surface area contributed by atoms with Crippen LogP contribution in [-0.2, 0) is 6.42 Å². The maximum atomic E-state index is 9.48. The van der Waals surface area contributed by atoms with Crippen molar-refractivity contribution in [2.75, 3.05) is 0 Å². The van der Waals surface area contributed by atoms with Crippen molar-refractivity contribution in [2.45, 2.75) is 45.6 Å². The van der Waals surface area contributed by atoms with Gasteiger partial charge in [0, 0.05) is 5.56 Å². The molecule has 0 aromatic heterocycles. The minimum atomic E-state index is -0.916. The third kappa shape index (κ3) is 5.00. The van der Waals surface area contributed by atoms with Gasteiger partial charge in [-0.15, -0.1) is 0 Å². The third-order valence-corrected chi connectivity index (χ3v) is 2.29. The van der Waals surface area contributed by atoms with Gasteiger partial charge in [0.2, 0.25) is 0 Å². The first-order valence-corrected chi connectivity index (χ1v) is 5.86. The van der Waals surface area contributed by atoms with Gasteiger partial charge in [-0.2, -0.15) is 0 Å². The van der Waals surface area contributed by atoms with E-state index in [9.17, 15) is 5.11 Å². The normalized spacial score (nSPS) is 10.8. The van der Waals surface area contributed by atoms with E-state index in [4.69, 9.17) is 0 Å². The fourth-order valence-corrected chi connectivity index (χ4v) is 1.36. The maximum absolute atomic E-state index is 9.48. The lowest BCUT2D eigenvalue weighted by molar-refractivity contribution is 0.143. The van der Waals surface area contributed by atoms with Crippen molar-refractivity contribution in [3.63, 3.8) is 0 Å². The van der Waals surface area contributed by atoms with Crippen LogP contribution in [0.25, 0.3) is 0 Å². The van der Waals surface area contributed by atoms with E-state index in [2.05, 4.69) is 30.9 Å². The molecule has 1 aromatic carbocycles. The highest BCUT2D eigenvalue weighted by atomic mass is 16.3. The standard InChI is InChI=1S/C15H20O/c1-4-5-6-13-7-9-14(10-8-13)11-12-15(2,3)16/h7-10,16H,4-6H2,1-3H3. The summed E-state index contributed by atoms with van der Waals surface area (Å²) in [6.45, 7) is 5.58. The zero-order chi connectivity index (χ0) is 12.0. The first kappa shape index (κ1) is 12.8. The smallest absolute Gasteiger partial charge is 0.120 e. The lowest BCUT2D eigenvalue weighted by Crippen LogP contribution is -2.14. The van der Waals surface area contributed by atoms with E-state index in [0.717, 1.165) is 12.0 Å². The molecular formula is C15H20O. The molecule has 0 aliphatic carbocycles. The Bertz CT molecular complexity index is 371. The molecule has 0 fully saturated rings. The van der Waals surface area contributed by atoms with Gasteiger partial charge < -0.3 is 5.11 Å². The first-order valence-electron chi connectivity index (χ1n) is 5.86. The summed E-state index contributed by atoms with van der Waals surface area (Å²) in [5, 5.41) is 9.48. The first-order chi connectivity index (χ1) is 7.51. The molecule has 1 N–H and O–H groups in total. The van der Waals surface area contributed by atoms with Gasteiger partial charge >= 0.3 is 0 Å². The summed E-state index contributed by atoms with van der Waals surface area (Å²) in [6, 6.07) is 8.27. The number of aryl methyl sites for hydroxylation is 1. The lowest BCUT2D eigenvalue weighted by atomic mass is 10.1. The van der Waals surface area contributed by atoms with E-state index in [1.807, 2.05) is 12.1 Å². The number of hydrogen-bond donors (Lipinski definition) is 1. The van der Waals surface area contributed by atoms with E-state index in [-0.39, 0.29) is 0 Å². The van der Waals surface area contributed by atoms with Gasteiger partial charge in [-0.25, -0.2) is 0 Å². The average Bonchev–Trinajstić information content (AvgIpc) is 2.24. The van der Waals surface area contributed by atoms with Gasteiger partial charge in [0.05, 0.1) is 0 Å². The van der Waals surface area contributed by atoms with Crippen LogP contribution in [0.15, 0.2) is 24.3 Å². The Balaban J connectivity index is 2.67. The molecule has 0 aliphatic heterocycles. The van der Waals surface area contributed by atoms with Crippen LogP contribution in [0.4, 0.5) is 0 Å². The Kier molecular flexibility index (Phi) is 4.58. The molecule has 0 saturated carbocycles. The van der Waals surface area contributed by atoms with Crippen molar-refractivity contribution in [3.8, 4) is 11.8 Å². The minimum Gasteiger partial charge on any atom is -0.378 e. The maximum Gasteiger partial charge on any atom is 0.120 e. The van der Waals surface area contributed by atoms with Crippen molar-refractivity contribution >= 4 is 0 Å². The van der Waals surface area contributed by atoms with Crippen LogP contribution in [0.2, 0.25) is 0 Å². The highest BCUT2D eigenvalue weighted by Gasteiger charge is 2.05. The number of benzene rings is 1. The van der Waals surface area contributed by atoms with Crippen LogP contribution in [-0.4, -0.2) is 10.7 Å². The van der Waals surface area contributed by atoms with Crippen molar-refractivity contribution in [3.05, 3.63) is 35.4 Å². The molecule has 16 heavy (non-hydrogen) atoms. The summed E-state index contributed by atoms with van der Waals surface area (Å²) in [6.07, 6.45) is 3.59. The second-order valence-electron chi connectivity index (χ2n) is 4.61. The SMILES string of the molecule is CCCCc1ccc(C#CC(C)(C)O)cc1. The van der Waals surface area contributed by atoms with Crippen LogP contribution in [0.1, 0.15) is 44.7 Å². The molecule has 0 unspecified atom stereocenters. The monoisotopic (exact) mass is 216 g/mol. The van der Waals surface area contributed by atoms with E-state index < -0.39 is 5.60 Å². The van der Waals surface area contributed by atoms with Gasteiger partial charge in [-0.1, -0.05) is 37.3 Å². The number of unbranched alkanes of at least 4 members (excludes halogenated alkanes) is 1. The van der Waals surface area contributed by atoms with Crippen molar-refractivity contribution < 1.29 is 5.11 Å². The van der Waals surface area contributed by atoms with Crippen molar-refractivity contribution in [1.29, 1.82) is 0 Å². The summed E-state index contributed by atoms with van der Waals surface area (Å²) in [5.41, 5.74) is 1.40. The summed E-state index contributed by atoms with van der Waals surface area (Å²) in [7, 11) is 0. The summed E-state index contributed by atoms with van der Waals surface area (Å²) in [5.74, 6) is 5.77. The molecule has 1 rings (SSSR count). The zero-order valence-corrected chi connectivity index (χ0v) is 10.4. The molecule has 1 nitrogen and oxygen atoms in total. The topological polar surface area (TPSA) is 20.2 Å². The zero-order valence-electron chi connectivity index (χ0n) is 10.4.